The van der Waals surface area contributed by atoms with E-state index in [1.165, 1.54) is 9.71 Å². The second-order valence-electron chi connectivity index (χ2n) is 5.71. The summed E-state index contributed by atoms with van der Waals surface area (Å²) in [5.74, 6) is 0. The second kappa shape index (κ2) is 8.01. The third kappa shape index (κ3) is 4.38. The van der Waals surface area contributed by atoms with Gasteiger partial charge in [0, 0.05) is 13.7 Å². The van der Waals surface area contributed by atoms with E-state index in [4.69, 9.17) is 21.9 Å². The van der Waals surface area contributed by atoms with Crippen molar-refractivity contribution in [3.05, 3.63) is 29.3 Å². The number of thiazole rings is 1. The van der Waals surface area contributed by atoms with Crippen LogP contribution in [0.5, 0.6) is 0 Å². The molecule has 0 aliphatic carbocycles. The molecule has 1 fully saturated rings. The lowest BCUT2D eigenvalue weighted by molar-refractivity contribution is -0.917. The first-order valence-corrected chi connectivity index (χ1v) is 9.18. The van der Waals surface area contributed by atoms with Gasteiger partial charge in [0.25, 0.3) is 0 Å². The molecule has 5 nitrogen and oxygen atoms in total. The molecule has 1 aromatic carbocycles. The van der Waals surface area contributed by atoms with Gasteiger partial charge in [-0.3, -0.25) is 0 Å². The third-order valence-corrected chi connectivity index (χ3v) is 5.52. The van der Waals surface area contributed by atoms with Crippen molar-refractivity contribution >= 4 is 38.9 Å². The molecule has 7 heteroatoms. The van der Waals surface area contributed by atoms with Gasteiger partial charge in [0.05, 0.1) is 43.0 Å². The first kappa shape index (κ1) is 16.6. The van der Waals surface area contributed by atoms with Crippen molar-refractivity contribution in [2.75, 3.05) is 46.4 Å². The van der Waals surface area contributed by atoms with E-state index in [1.807, 2.05) is 11.3 Å². The van der Waals surface area contributed by atoms with Gasteiger partial charge in [0.2, 0.25) is 0 Å². The van der Waals surface area contributed by atoms with Crippen LogP contribution in [0.15, 0.2) is 24.3 Å². The van der Waals surface area contributed by atoms with Gasteiger partial charge < -0.3 is 19.9 Å². The molecule has 0 atom stereocenters. The number of piperazine rings is 1. The average molecular weight is 352 g/mol. The van der Waals surface area contributed by atoms with Gasteiger partial charge in [-0.05, 0) is 24.4 Å². The molecular weight excluding hydrogens is 328 g/mol. The summed E-state index contributed by atoms with van der Waals surface area (Å²) in [4.78, 5) is 8.58. The van der Waals surface area contributed by atoms with Crippen LogP contribution in [0.1, 0.15) is 5.01 Å². The minimum atomic E-state index is 0.683. The van der Waals surface area contributed by atoms with Crippen LogP contribution in [-0.4, -0.2) is 61.4 Å². The van der Waals surface area contributed by atoms with E-state index in [-0.39, 0.29) is 0 Å². The number of methoxy groups -OCH3 is 1. The van der Waals surface area contributed by atoms with Crippen molar-refractivity contribution < 1.29 is 9.64 Å². The lowest BCUT2D eigenvalue weighted by Gasteiger charge is -2.33. The van der Waals surface area contributed by atoms with Crippen LogP contribution in [0.25, 0.3) is 10.2 Å². The molecule has 2 heterocycles. The number of rotatable bonds is 5. The maximum atomic E-state index is 5.44. The molecular formula is C16H23N4OS2+. The van der Waals surface area contributed by atoms with Crippen LogP contribution < -0.4 is 10.2 Å². The monoisotopic (exact) mass is 351 g/mol. The number of hydrogen-bond acceptors (Lipinski definition) is 4. The zero-order valence-corrected chi connectivity index (χ0v) is 15.0. The van der Waals surface area contributed by atoms with Crippen molar-refractivity contribution in [3.8, 4) is 0 Å². The Kier molecular flexibility index (Phi) is 5.77. The summed E-state index contributed by atoms with van der Waals surface area (Å²) in [5, 5.41) is 5.33. The van der Waals surface area contributed by atoms with Crippen molar-refractivity contribution in [2.24, 2.45) is 0 Å². The largest absolute Gasteiger partial charge is 0.383 e. The van der Waals surface area contributed by atoms with Crippen molar-refractivity contribution in [2.45, 2.75) is 6.54 Å². The molecule has 0 radical (unpaired) electrons. The molecule has 1 aliphatic heterocycles. The maximum Gasteiger partial charge on any atom is 0.169 e. The van der Waals surface area contributed by atoms with E-state index >= 15 is 0 Å². The number of thiocarbonyl (C=S) groups is 1. The third-order valence-electron chi connectivity index (χ3n) is 4.08. The Hall–Kier alpha value is -1.28. The molecule has 124 valence electrons. The molecule has 0 bridgehead atoms. The first-order valence-electron chi connectivity index (χ1n) is 7.96. The van der Waals surface area contributed by atoms with Crippen LogP contribution in [0.2, 0.25) is 0 Å². The van der Waals surface area contributed by atoms with Crippen molar-refractivity contribution in [1.82, 2.24) is 15.2 Å². The highest BCUT2D eigenvalue weighted by Crippen LogP contribution is 2.20. The Bertz CT molecular complexity index is 619. The summed E-state index contributed by atoms with van der Waals surface area (Å²) in [5.41, 5.74) is 1.12. The molecule has 2 aromatic rings. The summed E-state index contributed by atoms with van der Waals surface area (Å²) < 4.78 is 6.32. The number of ether oxygens (including phenoxy) is 1. The molecule has 0 spiro atoms. The fourth-order valence-electron chi connectivity index (χ4n) is 2.78. The second-order valence-corrected chi connectivity index (χ2v) is 7.22. The summed E-state index contributed by atoms with van der Waals surface area (Å²) in [6, 6.07) is 8.36. The number of fused-ring (bicyclic) bond motifs is 1. The quantitative estimate of drug-likeness (QED) is 0.607. The molecule has 23 heavy (non-hydrogen) atoms. The Labute approximate surface area is 146 Å². The zero-order chi connectivity index (χ0) is 16.1. The predicted molar refractivity (Wildman–Crippen MR) is 98.1 cm³/mol. The summed E-state index contributed by atoms with van der Waals surface area (Å²) in [6.45, 7) is 6.66. The molecule has 0 unspecified atom stereocenters. The number of hydrogen-bond donors (Lipinski definition) is 2. The minimum absolute atomic E-state index is 0.683. The Balaban J connectivity index is 1.48. The topological polar surface area (TPSA) is 41.8 Å². The molecule has 0 amide bonds. The highest BCUT2D eigenvalue weighted by Gasteiger charge is 2.22. The van der Waals surface area contributed by atoms with E-state index in [0.29, 0.717) is 6.61 Å². The van der Waals surface area contributed by atoms with Crippen molar-refractivity contribution in [1.29, 1.82) is 0 Å². The van der Waals surface area contributed by atoms with Gasteiger partial charge in [0.15, 0.2) is 5.11 Å². The van der Waals surface area contributed by atoms with Gasteiger partial charge in [-0.15, -0.1) is 11.3 Å². The maximum absolute atomic E-state index is 5.44. The van der Waals surface area contributed by atoms with Crippen LogP contribution >= 0.6 is 23.6 Å². The smallest absolute Gasteiger partial charge is 0.169 e. The molecule has 2 N–H and O–H groups in total. The molecule has 1 saturated heterocycles. The lowest BCUT2D eigenvalue weighted by Crippen LogP contribution is -3.13. The van der Waals surface area contributed by atoms with E-state index in [0.717, 1.165) is 49.9 Å². The molecule has 1 aromatic heterocycles. The molecule has 3 rings (SSSR count). The number of benzene rings is 1. The van der Waals surface area contributed by atoms with Crippen LogP contribution in [0.4, 0.5) is 0 Å². The fourth-order valence-corrected chi connectivity index (χ4v) is 4.11. The number of nitrogens with one attached hydrogen (secondary N) is 2. The highest BCUT2D eigenvalue weighted by molar-refractivity contribution is 7.80. The Morgan fingerprint density at radius 2 is 2.17 bits per heavy atom. The number of aromatic nitrogens is 1. The molecule has 0 saturated carbocycles. The van der Waals surface area contributed by atoms with Crippen LogP contribution in [0.3, 0.4) is 0 Å². The van der Waals surface area contributed by atoms with Gasteiger partial charge in [-0.1, -0.05) is 12.1 Å². The van der Waals surface area contributed by atoms with Gasteiger partial charge in [0.1, 0.15) is 11.6 Å². The predicted octanol–water partition coefficient (Wildman–Crippen LogP) is 0.518. The van der Waals surface area contributed by atoms with Crippen molar-refractivity contribution in [3.63, 3.8) is 0 Å². The first-order chi connectivity index (χ1) is 11.3. The summed E-state index contributed by atoms with van der Waals surface area (Å²) >= 11 is 7.25. The van der Waals surface area contributed by atoms with E-state index < -0.39 is 0 Å². The SMILES string of the molecule is COCCNC(=S)N1CC[NH+](Cc2nc3ccccc3s2)CC1. The van der Waals surface area contributed by atoms with E-state index in [9.17, 15) is 0 Å². The fraction of sp³-hybridized carbons (Fsp3) is 0.500. The summed E-state index contributed by atoms with van der Waals surface area (Å²) in [6.07, 6.45) is 0. The van der Waals surface area contributed by atoms with Gasteiger partial charge in [-0.25, -0.2) is 4.98 Å². The van der Waals surface area contributed by atoms with Crippen LogP contribution in [0, 0.1) is 0 Å². The number of para-hydroxylation sites is 1. The Morgan fingerprint density at radius 1 is 1.39 bits per heavy atom. The summed E-state index contributed by atoms with van der Waals surface area (Å²) in [7, 11) is 1.70. The van der Waals surface area contributed by atoms with Gasteiger partial charge in [-0.2, -0.15) is 0 Å². The zero-order valence-electron chi connectivity index (χ0n) is 13.4. The Morgan fingerprint density at radius 3 is 2.91 bits per heavy atom. The molecule has 1 aliphatic rings. The number of quaternary nitrogens is 1. The number of nitrogens with zero attached hydrogens (tertiary/aromatic N) is 2. The minimum Gasteiger partial charge on any atom is -0.383 e. The van der Waals surface area contributed by atoms with Crippen LogP contribution in [-0.2, 0) is 11.3 Å². The normalized spacial score (nSPS) is 16.0. The van der Waals surface area contributed by atoms with E-state index in [1.54, 1.807) is 12.0 Å². The highest BCUT2D eigenvalue weighted by atomic mass is 32.1. The van der Waals surface area contributed by atoms with E-state index in [2.05, 4.69) is 34.5 Å². The van der Waals surface area contributed by atoms with Gasteiger partial charge >= 0.3 is 0 Å². The average Bonchev–Trinajstić information content (AvgIpc) is 2.98. The lowest BCUT2D eigenvalue weighted by atomic mass is 10.3. The standard InChI is InChI=1S/C16H22N4OS2/c1-21-11-6-17-16(22)20-9-7-19(8-10-20)12-15-18-13-4-2-3-5-14(13)23-15/h2-5H,6-12H2,1H3,(H,17,22)/p+1.